The predicted molar refractivity (Wildman–Crippen MR) is 72.3 cm³/mol. The third kappa shape index (κ3) is 5.03. The van der Waals surface area contributed by atoms with Gasteiger partial charge in [0.15, 0.2) is 0 Å². The molecule has 0 N–H and O–H groups in total. The Bertz CT molecular complexity index is 468. The van der Waals surface area contributed by atoms with Crippen molar-refractivity contribution in [2.75, 3.05) is 26.8 Å². The highest BCUT2D eigenvalue weighted by Crippen LogP contribution is 2.16. The van der Waals surface area contributed by atoms with Gasteiger partial charge in [0.1, 0.15) is 10.3 Å². The molecular weight excluding hydrogens is 289 g/mol. The number of halogens is 2. The molecule has 0 atom stereocenters. The molecule has 0 aliphatic carbocycles. The first-order valence-corrected chi connectivity index (χ1v) is 6.32. The standard InChI is InChI=1S/C12H13Cl2N3O2/c1-19-6-5-17(4-2-3-15)12(18)9-7-10(13)16-11(14)8-9/h7-8H,2,4-6H2,1H3. The molecule has 0 spiro atoms. The fourth-order valence-electron chi connectivity index (χ4n) is 1.47. The minimum atomic E-state index is -0.251. The Kier molecular flexibility index (Phi) is 6.57. The Morgan fingerprint density at radius 3 is 2.58 bits per heavy atom. The van der Waals surface area contributed by atoms with E-state index < -0.39 is 0 Å². The van der Waals surface area contributed by atoms with Crippen LogP contribution in [-0.2, 0) is 4.74 Å². The van der Waals surface area contributed by atoms with E-state index in [2.05, 4.69) is 4.98 Å². The summed E-state index contributed by atoms with van der Waals surface area (Å²) in [4.78, 5) is 17.6. The van der Waals surface area contributed by atoms with Gasteiger partial charge in [0, 0.05) is 25.8 Å². The van der Waals surface area contributed by atoms with Crippen LogP contribution in [0.25, 0.3) is 0 Å². The second-order valence-electron chi connectivity index (χ2n) is 3.69. The summed E-state index contributed by atoms with van der Waals surface area (Å²) < 4.78 is 4.94. The van der Waals surface area contributed by atoms with Crippen LogP contribution in [0.4, 0.5) is 0 Å². The van der Waals surface area contributed by atoms with Gasteiger partial charge in [0.25, 0.3) is 5.91 Å². The number of carbonyl (C=O) groups excluding carboxylic acids is 1. The fraction of sp³-hybridized carbons (Fsp3) is 0.417. The molecule has 0 aliphatic rings. The Hall–Kier alpha value is -1.35. The zero-order valence-corrected chi connectivity index (χ0v) is 11.9. The number of hydrogen-bond acceptors (Lipinski definition) is 4. The summed E-state index contributed by atoms with van der Waals surface area (Å²) in [5.41, 5.74) is 0.346. The molecule has 0 bridgehead atoms. The van der Waals surface area contributed by atoms with Crippen molar-refractivity contribution < 1.29 is 9.53 Å². The molecule has 19 heavy (non-hydrogen) atoms. The Labute approximate surface area is 121 Å². The highest BCUT2D eigenvalue weighted by Gasteiger charge is 2.16. The van der Waals surface area contributed by atoms with E-state index in [1.54, 1.807) is 7.11 Å². The van der Waals surface area contributed by atoms with Gasteiger partial charge in [-0.2, -0.15) is 5.26 Å². The van der Waals surface area contributed by atoms with Gasteiger partial charge in [0.2, 0.25) is 0 Å². The maximum absolute atomic E-state index is 12.3. The van der Waals surface area contributed by atoms with Crippen molar-refractivity contribution in [3.8, 4) is 6.07 Å². The zero-order valence-electron chi connectivity index (χ0n) is 10.4. The Morgan fingerprint density at radius 1 is 1.42 bits per heavy atom. The lowest BCUT2D eigenvalue weighted by atomic mass is 10.2. The van der Waals surface area contributed by atoms with E-state index in [1.165, 1.54) is 17.0 Å². The van der Waals surface area contributed by atoms with Crippen LogP contribution < -0.4 is 0 Å². The number of amides is 1. The molecule has 1 aromatic rings. The molecule has 0 aliphatic heterocycles. The van der Waals surface area contributed by atoms with Gasteiger partial charge in [-0.1, -0.05) is 23.2 Å². The summed E-state index contributed by atoms with van der Waals surface area (Å²) in [7, 11) is 1.55. The van der Waals surface area contributed by atoms with E-state index in [9.17, 15) is 4.79 Å². The van der Waals surface area contributed by atoms with Crippen LogP contribution >= 0.6 is 23.2 Å². The summed E-state index contributed by atoms with van der Waals surface area (Å²) >= 11 is 11.5. The topological polar surface area (TPSA) is 66.2 Å². The number of aromatic nitrogens is 1. The van der Waals surface area contributed by atoms with Gasteiger partial charge >= 0.3 is 0 Å². The molecule has 1 amide bonds. The number of pyridine rings is 1. The maximum Gasteiger partial charge on any atom is 0.254 e. The molecular formula is C12H13Cl2N3O2. The molecule has 7 heteroatoms. The summed E-state index contributed by atoms with van der Waals surface area (Å²) in [6.45, 7) is 1.12. The maximum atomic E-state index is 12.3. The fourth-order valence-corrected chi connectivity index (χ4v) is 1.93. The smallest absolute Gasteiger partial charge is 0.254 e. The average Bonchev–Trinajstić information content (AvgIpc) is 2.37. The molecule has 0 radical (unpaired) electrons. The van der Waals surface area contributed by atoms with Crippen LogP contribution in [-0.4, -0.2) is 42.6 Å². The summed E-state index contributed by atoms with van der Waals surface area (Å²) in [6.07, 6.45) is 0.252. The van der Waals surface area contributed by atoms with E-state index in [-0.39, 0.29) is 22.6 Å². The first-order valence-electron chi connectivity index (χ1n) is 5.56. The van der Waals surface area contributed by atoms with E-state index >= 15 is 0 Å². The lowest BCUT2D eigenvalue weighted by Gasteiger charge is -2.21. The quantitative estimate of drug-likeness (QED) is 0.757. The summed E-state index contributed by atoms with van der Waals surface area (Å²) in [5, 5.41) is 8.92. The number of carbonyl (C=O) groups is 1. The number of hydrogen-bond donors (Lipinski definition) is 0. The van der Waals surface area contributed by atoms with Crippen molar-refractivity contribution in [2.45, 2.75) is 6.42 Å². The molecule has 0 saturated carbocycles. The van der Waals surface area contributed by atoms with E-state index in [0.717, 1.165) is 0 Å². The monoisotopic (exact) mass is 301 g/mol. The molecule has 0 unspecified atom stereocenters. The second-order valence-corrected chi connectivity index (χ2v) is 4.47. The molecule has 1 heterocycles. The Morgan fingerprint density at radius 2 is 2.05 bits per heavy atom. The van der Waals surface area contributed by atoms with E-state index in [0.29, 0.717) is 25.3 Å². The molecule has 1 rings (SSSR count). The Balaban J connectivity index is 2.87. The molecule has 0 saturated heterocycles. The number of rotatable bonds is 6. The highest BCUT2D eigenvalue weighted by atomic mass is 35.5. The van der Waals surface area contributed by atoms with Crippen molar-refractivity contribution in [1.82, 2.24) is 9.88 Å². The van der Waals surface area contributed by atoms with Gasteiger partial charge in [-0.3, -0.25) is 4.79 Å². The minimum Gasteiger partial charge on any atom is -0.383 e. The molecule has 0 fully saturated rings. The van der Waals surface area contributed by atoms with E-state index in [4.69, 9.17) is 33.2 Å². The average molecular weight is 302 g/mol. The van der Waals surface area contributed by atoms with Crippen molar-refractivity contribution in [3.63, 3.8) is 0 Å². The normalized spacial score (nSPS) is 10.0. The zero-order chi connectivity index (χ0) is 14.3. The number of nitriles is 1. The predicted octanol–water partition coefficient (Wildman–Crippen LogP) is 2.39. The van der Waals surface area contributed by atoms with Gasteiger partial charge < -0.3 is 9.64 Å². The van der Waals surface area contributed by atoms with Crippen molar-refractivity contribution in [3.05, 3.63) is 28.0 Å². The number of methoxy groups -OCH3 is 1. The first kappa shape index (κ1) is 15.7. The highest BCUT2D eigenvalue weighted by molar-refractivity contribution is 6.33. The largest absolute Gasteiger partial charge is 0.383 e. The third-order valence-corrected chi connectivity index (χ3v) is 2.74. The third-order valence-electron chi connectivity index (χ3n) is 2.36. The SMILES string of the molecule is COCCN(CCC#N)C(=O)c1cc(Cl)nc(Cl)c1. The van der Waals surface area contributed by atoms with Crippen LogP contribution in [0.3, 0.4) is 0 Å². The van der Waals surface area contributed by atoms with Crippen molar-refractivity contribution in [1.29, 1.82) is 5.26 Å². The lowest BCUT2D eigenvalue weighted by molar-refractivity contribution is 0.0700. The van der Waals surface area contributed by atoms with Crippen LogP contribution in [0, 0.1) is 11.3 Å². The van der Waals surface area contributed by atoms with Crippen molar-refractivity contribution in [2.24, 2.45) is 0 Å². The van der Waals surface area contributed by atoms with Crippen LogP contribution in [0.1, 0.15) is 16.8 Å². The molecule has 102 valence electrons. The second kappa shape index (κ2) is 7.95. The minimum absolute atomic E-state index is 0.155. The van der Waals surface area contributed by atoms with Gasteiger partial charge in [0.05, 0.1) is 19.1 Å². The summed E-state index contributed by atoms with van der Waals surface area (Å²) in [6, 6.07) is 4.90. The van der Waals surface area contributed by atoms with Crippen LogP contribution in [0.15, 0.2) is 12.1 Å². The van der Waals surface area contributed by atoms with E-state index in [1.807, 2.05) is 6.07 Å². The van der Waals surface area contributed by atoms with Crippen molar-refractivity contribution >= 4 is 29.1 Å². The lowest BCUT2D eigenvalue weighted by Crippen LogP contribution is -2.34. The van der Waals surface area contributed by atoms with Gasteiger partial charge in [-0.05, 0) is 12.1 Å². The molecule has 1 aromatic heterocycles. The van der Waals surface area contributed by atoms with Gasteiger partial charge in [-0.15, -0.1) is 0 Å². The molecule has 0 aromatic carbocycles. The number of nitrogens with zero attached hydrogens (tertiary/aromatic N) is 3. The number of ether oxygens (including phenoxy) is 1. The molecule has 5 nitrogen and oxygen atoms in total. The van der Waals surface area contributed by atoms with Crippen LogP contribution in [0.2, 0.25) is 10.3 Å². The van der Waals surface area contributed by atoms with Gasteiger partial charge in [-0.25, -0.2) is 4.98 Å². The summed E-state index contributed by atoms with van der Waals surface area (Å²) in [5.74, 6) is -0.251. The van der Waals surface area contributed by atoms with Crippen LogP contribution in [0.5, 0.6) is 0 Å². The first-order chi connectivity index (χ1) is 9.08.